The second-order valence-corrected chi connectivity index (χ2v) is 5.05. The SMILES string of the molecule is O=C(OCc1nc(-c2ccc(Cl)cc2)no1)c1ccccc1O. The first kappa shape index (κ1) is 15.1. The molecule has 1 N–H and O–H groups in total. The van der Waals surface area contributed by atoms with Gasteiger partial charge in [0.1, 0.15) is 11.3 Å². The maximum Gasteiger partial charge on any atom is 0.342 e. The van der Waals surface area contributed by atoms with Gasteiger partial charge in [0.05, 0.1) is 0 Å². The largest absolute Gasteiger partial charge is 0.507 e. The minimum absolute atomic E-state index is 0.0740. The lowest BCUT2D eigenvalue weighted by Crippen LogP contribution is -2.05. The average Bonchev–Trinajstić information content (AvgIpc) is 3.03. The highest BCUT2D eigenvalue weighted by Gasteiger charge is 2.14. The Bertz CT molecular complexity index is 830. The summed E-state index contributed by atoms with van der Waals surface area (Å²) in [5, 5.41) is 14.0. The predicted molar refractivity (Wildman–Crippen MR) is 82.0 cm³/mol. The van der Waals surface area contributed by atoms with Crippen molar-refractivity contribution in [3.63, 3.8) is 0 Å². The summed E-state index contributed by atoms with van der Waals surface area (Å²) in [6, 6.07) is 13.0. The molecular weight excluding hydrogens is 320 g/mol. The van der Waals surface area contributed by atoms with E-state index in [4.69, 9.17) is 20.9 Å². The Kier molecular flexibility index (Phi) is 4.25. The van der Waals surface area contributed by atoms with Crippen LogP contribution in [0.5, 0.6) is 5.75 Å². The van der Waals surface area contributed by atoms with Gasteiger partial charge in [-0.3, -0.25) is 0 Å². The van der Waals surface area contributed by atoms with Crippen molar-refractivity contribution in [2.45, 2.75) is 6.61 Å². The highest BCUT2D eigenvalue weighted by Crippen LogP contribution is 2.20. The van der Waals surface area contributed by atoms with Gasteiger partial charge in [-0.05, 0) is 36.4 Å². The number of aromatic hydroxyl groups is 1. The normalized spacial score (nSPS) is 10.5. The average molecular weight is 331 g/mol. The number of hydrogen-bond donors (Lipinski definition) is 1. The summed E-state index contributed by atoms with van der Waals surface area (Å²) in [6.07, 6.45) is 0. The summed E-state index contributed by atoms with van der Waals surface area (Å²) in [4.78, 5) is 16.0. The van der Waals surface area contributed by atoms with Gasteiger partial charge in [0.2, 0.25) is 5.82 Å². The molecule has 0 aliphatic carbocycles. The molecule has 116 valence electrons. The molecule has 0 bridgehead atoms. The number of rotatable bonds is 4. The first-order valence-electron chi connectivity index (χ1n) is 6.67. The molecule has 0 aliphatic rings. The number of benzene rings is 2. The van der Waals surface area contributed by atoms with Gasteiger partial charge in [-0.2, -0.15) is 4.98 Å². The molecule has 0 fully saturated rings. The molecule has 0 spiro atoms. The second kappa shape index (κ2) is 6.50. The van der Waals surface area contributed by atoms with Crippen LogP contribution in [-0.4, -0.2) is 21.2 Å². The van der Waals surface area contributed by atoms with Crippen molar-refractivity contribution >= 4 is 17.6 Å². The Morgan fingerprint density at radius 1 is 1.17 bits per heavy atom. The van der Waals surface area contributed by atoms with Crippen LogP contribution in [0.2, 0.25) is 5.02 Å². The highest BCUT2D eigenvalue weighted by molar-refractivity contribution is 6.30. The van der Waals surface area contributed by atoms with E-state index >= 15 is 0 Å². The van der Waals surface area contributed by atoms with Gasteiger partial charge in [0.15, 0.2) is 6.61 Å². The van der Waals surface area contributed by atoms with Gasteiger partial charge in [0.25, 0.3) is 5.89 Å². The van der Waals surface area contributed by atoms with Gasteiger partial charge in [-0.25, -0.2) is 4.79 Å². The number of esters is 1. The van der Waals surface area contributed by atoms with E-state index in [9.17, 15) is 9.90 Å². The molecule has 2 aromatic carbocycles. The van der Waals surface area contributed by atoms with E-state index < -0.39 is 5.97 Å². The first-order chi connectivity index (χ1) is 11.1. The van der Waals surface area contributed by atoms with E-state index in [-0.39, 0.29) is 23.8 Å². The van der Waals surface area contributed by atoms with Crippen LogP contribution in [0.4, 0.5) is 0 Å². The van der Waals surface area contributed by atoms with Gasteiger partial charge in [-0.15, -0.1) is 0 Å². The molecule has 23 heavy (non-hydrogen) atoms. The second-order valence-electron chi connectivity index (χ2n) is 4.61. The molecule has 3 aromatic rings. The molecule has 1 aromatic heterocycles. The molecular formula is C16H11ClN2O4. The van der Waals surface area contributed by atoms with Gasteiger partial charge in [0, 0.05) is 10.6 Å². The third kappa shape index (κ3) is 3.49. The van der Waals surface area contributed by atoms with Crippen LogP contribution < -0.4 is 0 Å². The van der Waals surface area contributed by atoms with Gasteiger partial charge in [-0.1, -0.05) is 28.9 Å². The summed E-state index contributed by atoms with van der Waals surface area (Å²) >= 11 is 5.82. The lowest BCUT2D eigenvalue weighted by molar-refractivity contribution is 0.0426. The Morgan fingerprint density at radius 2 is 1.91 bits per heavy atom. The van der Waals surface area contributed by atoms with Crippen molar-refractivity contribution in [2.24, 2.45) is 0 Å². The molecule has 6 nitrogen and oxygen atoms in total. The zero-order valence-corrected chi connectivity index (χ0v) is 12.5. The van der Waals surface area contributed by atoms with Crippen molar-refractivity contribution in [1.29, 1.82) is 0 Å². The molecule has 0 amide bonds. The Labute approximate surface area is 136 Å². The van der Waals surface area contributed by atoms with Crippen molar-refractivity contribution in [3.8, 4) is 17.1 Å². The number of carbonyl (C=O) groups is 1. The molecule has 0 unspecified atom stereocenters. The number of nitrogens with zero attached hydrogens (tertiary/aromatic N) is 2. The smallest absolute Gasteiger partial charge is 0.342 e. The Morgan fingerprint density at radius 3 is 2.65 bits per heavy atom. The minimum Gasteiger partial charge on any atom is -0.507 e. The van der Waals surface area contributed by atoms with E-state index in [1.54, 1.807) is 36.4 Å². The molecule has 0 saturated heterocycles. The van der Waals surface area contributed by atoms with E-state index in [1.807, 2.05) is 0 Å². The van der Waals surface area contributed by atoms with Crippen LogP contribution in [-0.2, 0) is 11.3 Å². The predicted octanol–water partition coefficient (Wildman–Crippen LogP) is 3.45. The standard InChI is InChI=1S/C16H11ClN2O4/c17-11-7-5-10(6-8-11)15-18-14(23-19-15)9-22-16(21)12-3-1-2-4-13(12)20/h1-8,20H,9H2. The molecule has 0 atom stereocenters. The van der Waals surface area contributed by atoms with Crippen LogP contribution in [0.3, 0.4) is 0 Å². The molecule has 7 heteroatoms. The lowest BCUT2D eigenvalue weighted by Gasteiger charge is -2.03. The van der Waals surface area contributed by atoms with Gasteiger partial charge >= 0.3 is 5.97 Å². The number of phenols is 1. The minimum atomic E-state index is -0.672. The number of halogens is 1. The Hall–Kier alpha value is -2.86. The molecule has 3 rings (SSSR count). The van der Waals surface area contributed by atoms with Crippen molar-refractivity contribution in [2.75, 3.05) is 0 Å². The van der Waals surface area contributed by atoms with Crippen LogP contribution >= 0.6 is 11.6 Å². The summed E-state index contributed by atoms with van der Waals surface area (Å²) in [5.41, 5.74) is 0.807. The number of para-hydroxylation sites is 1. The summed E-state index contributed by atoms with van der Waals surface area (Å²) in [5.74, 6) is -0.298. The molecule has 0 aliphatic heterocycles. The van der Waals surface area contributed by atoms with Crippen LogP contribution in [0.1, 0.15) is 16.2 Å². The molecule has 0 radical (unpaired) electrons. The van der Waals surface area contributed by atoms with Crippen LogP contribution in [0.25, 0.3) is 11.4 Å². The number of carbonyl (C=O) groups excluding carboxylic acids is 1. The lowest BCUT2D eigenvalue weighted by atomic mass is 10.2. The number of ether oxygens (including phenoxy) is 1. The first-order valence-corrected chi connectivity index (χ1v) is 7.05. The van der Waals surface area contributed by atoms with E-state index in [0.29, 0.717) is 10.8 Å². The fourth-order valence-corrected chi connectivity index (χ4v) is 2.01. The van der Waals surface area contributed by atoms with E-state index in [0.717, 1.165) is 5.56 Å². The van der Waals surface area contributed by atoms with Crippen LogP contribution in [0, 0.1) is 0 Å². The molecule has 0 saturated carbocycles. The Balaban J connectivity index is 1.67. The quantitative estimate of drug-likeness (QED) is 0.737. The van der Waals surface area contributed by atoms with Crippen molar-refractivity contribution in [1.82, 2.24) is 10.1 Å². The maximum absolute atomic E-state index is 11.9. The van der Waals surface area contributed by atoms with E-state index in [1.165, 1.54) is 12.1 Å². The zero-order chi connectivity index (χ0) is 16.2. The number of phenolic OH excluding ortho intramolecular Hbond substituents is 1. The van der Waals surface area contributed by atoms with Gasteiger partial charge < -0.3 is 14.4 Å². The van der Waals surface area contributed by atoms with Crippen molar-refractivity contribution in [3.05, 3.63) is 65.0 Å². The maximum atomic E-state index is 11.9. The number of hydrogen-bond acceptors (Lipinski definition) is 6. The van der Waals surface area contributed by atoms with Crippen molar-refractivity contribution < 1.29 is 19.2 Å². The third-order valence-corrected chi connectivity index (χ3v) is 3.27. The molecule has 1 heterocycles. The summed E-state index contributed by atoms with van der Waals surface area (Å²) in [6.45, 7) is -0.187. The number of aromatic nitrogens is 2. The van der Waals surface area contributed by atoms with E-state index in [2.05, 4.69) is 10.1 Å². The highest BCUT2D eigenvalue weighted by atomic mass is 35.5. The third-order valence-electron chi connectivity index (χ3n) is 3.02. The fraction of sp³-hybridized carbons (Fsp3) is 0.0625. The summed E-state index contributed by atoms with van der Waals surface area (Å²) < 4.78 is 10.1. The van der Waals surface area contributed by atoms with Crippen LogP contribution in [0.15, 0.2) is 53.1 Å². The topological polar surface area (TPSA) is 85.5 Å². The monoisotopic (exact) mass is 330 g/mol. The fourth-order valence-electron chi connectivity index (χ4n) is 1.88. The zero-order valence-electron chi connectivity index (χ0n) is 11.8. The summed E-state index contributed by atoms with van der Waals surface area (Å²) in [7, 11) is 0.